The number of ether oxygens (including phenoxy) is 1. The van der Waals surface area contributed by atoms with Crippen LogP contribution in [0.25, 0.3) is 5.69 Å². The summed E-state index contributed by atoms with van der Waals surface area (Å²) in [6, 6.07) is 13.5. The normalized spacial score (nSPS) is 14.0. The van der Waals surface area contributed by atoms with Gasteiger partial charge in [-0.2, -0.15) is 0 Å². The molecule has 0 unspecified atom stereocenters. The molecule has 156 valence electrons. The summed E-state index contributed by atoms with van der Waals surface area (Å²) in [6.07, 6.45) is 1.79. The molecule has 1 N–H and O–H groups in total. The molecule has 2 aromatic heterocycles. The van der Waals surface area contributed by atoms with Crippen LogP contribution in [0, 0.1) is 13.8 Å². The SMILES string of the molecule is Cc1cc(C(=O)NCc2ccnc(N3CCOCC3)c2)c(C)n1-c1cccc(Cl)c1. The lowest BCUT2D eigenvalue weighted by Crippen LogP contribution is -2.36. The number of halogens is 1. The van der Waals surface area contributed by atoms with Crippen molar-refractivity contribution in [2.75, 3.05) is 31.2 Å². The molecule has 1 fully saturated rings. The van der Waals surface area contributed by atoms with Crippen molar-refractivity contribution in [3.05, 3.63) is 76.2 Å². The summed E-state index contributed by atoms with van der Waals surface area (Å²) < 4.78 is 7.45. The fourth-order valence-electron chi connectivity index (χ4n) is 3.82. The third kappa shape index (κ3) is 4.35. The van der Waals surface area contributed by atoms with Gasteiger partial charge in [-0.3, -0.25) is 4.79 Å². The molecule has 3 heterocycles. The number of anilines is 1. The number of benzene rings is 1. The summed E-state index contributed by atoms with van der Waals surface area (Å²) in [5, 5.41) is 3.71. The van der Waals surface area contributed by atoms with E-state index in [9.17, 15) is 4.79 Å². The molecule has 7 heteroatoms. The summed E-state index contributed by atoms with van der Waals surface area (Å²) >= 11 is 6.15. The van der Waals surface area contributed by atoms with E-state index in [-0.39, 0.29) is 5.91 Å². The van der Waals surface area contributed by atoms with Crippen LogP contribution in [-0.2, 0) is 11.3 Å². The second kappa shape index (κ2) is 8.90. The van der Waals surface area contributed by atoms with Gasteiger partial charge >= 0.3 is 0 Å². The molecule has 0 atom stereocenters. The first-order chi connectivity index (χ1) is 14.5. The van der Waals surface area contributed by atoms with Gasteiger partial charge in [-0.25, -0.2) is 4.98 Å². The maximum absolute atomic E-state index is 12.9. The smallest absolute Gasteiger partial charge is 0.253 e. The molecule has 0 aliphatic carbocycles. The van der Waals surface area contributed by atoms with Crippen LogP contribution in [0.2, 0.25) is 5.02 Å². The van der Waals surface area contributed by atoms with Gasteiger partial charge in [-0.15, -0.1) is 0 Å². The van der Waals surface area contributed by atoms with Crippen molar-refractivity contribution in [2.24, 2.45) is 0 Å². The van der Waals surface area contributed by atoms with Gasteiger partial charge in [0.05, 0.1) is 18.8 Å². The number of carbonyl (C=O) groups is 1. The Kier molecular flexibility index (Phi) is 6.06. The van der Waals surface area contributed by atoms with Crippen LogP contribution in [0.15, 0.2) is 48.7 Å². The average Bonchev–Trinajstić information content (AvgIpc) is 3.07. The van der Waals surface area contributed by atoms with Crippen LogP contribution in [0.5, 0.6) is 0 Å². The Hall–Kier alpha value is -2.83. The fourth-order valence-corrected chi connectivity index (χ4v) is 4.00. The highest BCUT2D eigenvalue weighted by Crippen LogP contribution is 2.23. The molecular formula is C23H25ClN4O2. The summed E-state index contributed by atoms with van der Waals surface area (Å²) in [5.41, 5.74) is 4.49. The quantitative estimate of drug-likeness (QED) is 0.674. The Morgan fingerprint density at radius 1 is 1.17 bits per heavy atom. The molecule has 30 heavy (non-hydrogen) atoms. The number of amides is 1. The van der Waals surface area contributed by atoms with Gasteiger partial charge in [0, 0.05) is 47.9 Å². The second-order valence-electron chi connectivity index (χ2n) is 7.40. The number of rotatable bonds is 5. The van der Waals surface area contributed by atoms with Crippen LogP contribution >= 0.6 is 11.6 Å². The Balaban J connectivity index is 1.48. The predicted octanol–water partition coefficient (Wildman–Crippen LogP) is 3.91. The van der Waals surface area contributed by atoms with Crippen molar-refractivity contribution in [2.45, 2.75) is 20.4 Å². The zero-order chi connectivity index (χ0) is 21.1. The number of nitrogens with one attached hydrogen (secondary N) is 1. The molecule has 0 bridgehead atoms. The van der Waals surface area contributed by atoms with Gasteiger partial charge in [0.2, 0.25) is 0 Å². The maximum Gasteiger partial charge on any atom is 0.253 e. The molecule has 1 aliphatic heterocycles. The lowest BCUT2D eigenvalue weighted by Gasteiger charge is -2.28. The minimum Gasteiger partial charge on any atom is -0.378 e. The highest BCUT2D eigenvalue weighted by molar-refractivity contribution is 6.30. The van der Waals surface area contributed by atoms with Crippen LogP contribution in [-0.4, -0.2) is 41.8 Å². The van der Waals surface area contributed by atoms with E-state index in [1.54, 1.807) is 6.20 Å². The zero-order valence-electron chi connectivity index (χ0n) is 17.2. The molecule has 0 saturated carbocycles. The number of carbonyl (C=O) groups excluding carboxylic acids is 1. The minimum atomic E-state index is -0.0962. The molecule has 0 radical (unpaired) electrons. The Morgan fingerprint density at radius 2 is 1.97 bits per heavy atom. The summed E-state index contributed by atoms with van der Waals surface area (Å²) in [6.45, 7) is 7.47. The summed E-state index contributed by atoms with van der Waals surface area (Å²) in [4.78, 5) is 19.6. The van der Waals surface area contributed by atoms with E-state index in [1.807, 2.05) is 60.9 Å². The molecule has 1 amide bonds. The van der Waals surface area contributed by atoms with Crippen molar-refractivity contribution in [3.8, 4) is 5.69 Å². The summed E-state index contributed by atoms with van der Waals surface area (Å²) in [7, 11) is 0. The number of aryl methyl sites for hydroxylation is 1. The van der Waals surface area contributed by atoms with Crippen LogP contribution in [0.3, 0.4) is 0 Å². The number of hydrogen-bond acceptors (Lipinski definition) is 4. The molecule has 6 nitrogen and oxygen atoms in total. The monoisotopic (exact) mass is 424 g/mol. The van der Waals surface area contributed by atoms with Crippen molar-refractivity contribution >= 4 is 23.3 Å². The van der Waals surface area contributed by atoms with Crippen molar-refractivity contribution in [1.29, 1.82) is 0 Å². The third-order valence-corrected chi connectivity index (χ3v) is 5.58. The second-order valence-corrected chi connectivity index (χ2v) is 7.84. The first-order valence-electron chi connectivity index (χ1n) is 10.0. The molecule has 1 saturated heterocycles. The van der Waals surface area contributed by atoms with E-state index in [0.29, 0.717) is 30.3 Å². The van der Waals surface area contributed by atoms with Gasteiger partial charge < -0.3 is 19.5 Å². The lowest BCUT2D eigenvalue weighted by atomic mass is 10.2. The van der Waals surface area contributed by atoms with Crippen LogP contribution in [0.1, 0.15) is 27.3 Å². The minimum absolute atomic E-state index is 0.0962. The maximum atomic E-state index is 12.9. The number of aromatic nitrogens is 2. The van der Waals surface area contributed by atoms with E-state index < -0.39 is 0 Å². The number of nitrogens with zero attached hydrogens (tertiary/aromatic N) is 3. The van der Waals surface area contributed by atoms with Crippen LogP contribution < -0.4 is 10.2 Å². The van der Waals surface area contributed by atoms with E-state index in [1.165, 1.54) is 0 Å². The Bertz CT molecular complexity index is 1060. The van der Waals surface area contributed by atoms with Crippen molar-refractivity contribution in [3.63, 3.8) is 0 Å². The Morgan fingerprint density at radius 3 is 2.73 bits per heavy atom. The van der Waals surface area contributed by atoms with Gasteiger partial charge in [-0.1, -0.05) is 17.7 Å². The highest BCUT2D eigenvalue weighted by atomic mass is 35.5. The van der Waals surface area contributed by atoms with Gasteiger partial charge in [0.1, 0.15) is 5.82 Å². The number of hydrogen-bond donors (Lipinski definition) is 1. The van der Waals surface area contributed by atoms with E-state index in [2.05, 4.69) is 15.2 Å². The first-order valence-corrected chi connectivity index (χ1v) is 10.4. The molecular weight excluding hydrogens is 400 g/mol. The average molecular weight is 425 g/mol. The topological polar surface area (TPSA) is 59.4 Å². The van der Waals surface area contributed by atoms with Gasteiger partial charge in [0.25, 0.3) is 5.91 Å². The summed E-state index contributed by atoms with van der Waals surface area (Å²) in [5.74, 6) is 0.824. The Labute approximate surface area is 181 Å². The third-order valence-electron chi connectivity index (χ3n) is 5.34. The number of pyridine rings is 1. The molecule has 4 rings (SSSR count). The van der Waals surface area contributed by atoms with Gasteiger partial charge in [-0.05, 0) is 55.8 Å². The largest absolute Gasteiger partial charge is 0.378 e. The lowest BCUT2D eigenvalue weighted by molar-refractivity contribution is 0.0950. The van der Waals surface area contributed by atoms with Crippen LogP contribution in [0.4, 0.5) is 5.82 Å². The fraction of sp³-hybridized carbons (Fsp3) is 0.304. The van der Waals surface area contributed by atoms with E-state index >= 15 is 0 Å². The molecule has 0 spiro atoms. The van der Waals surface area contributed by atoms with Crippen molar-refractivity contribution in [1.82, 2.24) is 14.9 Å². The zero-order valence-corrected chi connectivity index (χ0v) is 17.9. The van der Waals surface area contributed by atoms with Gasteiger partial charge in [0.15, 0.2) is 0 Å². The standard InChI is InChI=1S/C23H25ClN4O2/c1-16-12-21(17(2)28(16)20-5-3-4-19(24)14-20)23(29)26-15-18-6-7-25-22(13-18)27-8-10-30-11-9-27/h3-7,12-14H,8-11,15H2,1-2H3,(H,26,29). The molecule has 1 aliphatic rings. The predicted molar refractivity (Wildman–Crippen MR) is 119 cm³/mol. The highest BCUT2D eigenvalue weighted by Gasteiger charge is 2.17. The van der Waals surface area contributed by atoms with E-state index in [4.69, 9.17) is 16.3 Å². The van der Waals surface area contributed by atoms with Crippen molar-refractivity contribution < 1.29 is 9.53 Å². The molecule has 3 aromatic rings. The first kappa shape index (κ1) is 20.4. The van der Waals surface area contributed by atoms with E-state index in [0.717, 1.165) is 41.5 Å². The number of morpholine rings is 1. The molecule has 1 aromatic carbocycles.